The van der Waals surface area contributed by atoms with Gasteiger partial charge in [-0.2, -0.15) is 10.4 Å². The average Bonchev–Trinajstić information content (AvgIpc) is 2.96. The summed E-state index contributed by atoms with van der Waals surface area (Å²) in [5.74, 6) is 0.659. The van der Waals surface area contributed by atoms with Crippen LogP contribution >= 0.6 is 0 Å². The van der Waals surface area contributed by atoms with E-state index in [9.17, 15) is 5.26 Å². The Morgan fingerprint density at radius 3 is 2.75 bits per heavy atom. The summed E-state index contributed by atoms with van der Waals surface area (Å²) in [4.78, 5) is 7.19. The van der Waals surface area contributed by atoms with E-state index in [1.165, 1.54) is 44.3 Å². The van der Waals surface area contributed by atoms with Gasteiger partial charge < -0.3 is 5.32 Å². The van der Waals surface area contributed by atoms with Crippen LogP contribution < -0.4 is 5.32 Å². The molecule has 2 aromatic heterocycles. The first-order chi connectivity index (χ1) is 13.6. The maximum absolute atomic E-state index is 9.45. The molecule has 1 fully saturated rings. The number of hydrogen-bond acceptors (Lipinski definition) is 5. The van der Waals surface area contributed by atoms with Gasteiger partial charge in [0, 0.05) is 31.4 Å². The van der Waals surface area contributed by atoms with Crippen molar-refractivity contribution in [2.24, 2.45) is 0 Å². The number of pyridine rings is 1. The number of nitriles is 1. The predicted octanol–water partition coefficient (Wildman–Crippen LogP) is 3.92. The summed E-state index contributed by atoms with van der Waals surface area (Å²) < 4.78 is 2.18. The molecule has 6 nitrogen and oxygen atoms in total. The zero-order chi connectivity index (χ0) is 19.5. The molecule has 1 aliphatic carbocycles. The first-order valence-corrected chi connectivity index (χ1v) is 10.6. The van der Waals surface area contributed by atoms with Gasteiger partial charge in [-0.15, -0.1) is 0 Å². The number of anilines is 1. The molecule has 0 saturated heterocycles. The third kappa shape index (κ3) is 4.05. The van der Waals surface area contributed by atoms with Gasteiger partial charge in [0.1, 0.15) is 11.9 Å². The Hall–Kier alpha value is -2.39. The van der Waals surface area contributed by atoms with Gasteiger partial charge in [0.05, 0.1) is 23.5 Å². The minimum Gasteiger partial charge on any atom is -0.363 e. The molecule has 1 aliphatic heterocycles. The molecule has 3 heterocycles. The molecule has 0 atom stereocenters. The maximum Gasteiger partial charge on any atom is 0.144 e. The van der Waals surface area contributed by atoms with Gasteiger partial charge >= 0.3 is 0 Å². The molecule has 0 radical (unpaired) electrons. The largest absolute Gasteiger partial charge is 0.363 e. The fraction of sp³-hybridized carbons (Fsp3) is 0.591. The number of nitrogens with one attached hydrogen (secondary N) is 1. The highest BCUT2D eigenvalue weighted by Crippen LogP contribution is 2.26. The van der Waals surface area contributed by atoms with Crippen LogP contribution in [0.3, 0.4) is 0 Å². The number of aryl methyl sites for hydroxylation is 3. The van der Waals surface area contributed by atoms with Crippen molar-refractivity contribution < 1.29 is 0 Å². The van der Waals surface area contributed by atoms with E-state index in [2.05, 4.69) is 32.0 Å². The number of fused-ring (bicyclic) bond motifs is 1. The van der Waals surface area contributed by atoms with E-state index >= 15 is 0 Å². The Kier molecular flexibility index (Phi) is 5.63. The van der Waals surface area contributed by atoms with E-state index in [4.69, 9.17) is 5.10 Å². The Morgan fingerprint density at radius 2 is 1.96 bits per heavy atom. The lowest BCUT2D eigenvalue weighted by molar-refractivity contribution is 0.150. The molecule has 0 spiro atoms. The second kappa shape index (κ2) is 8.32. The van der Waals surface area contributed by atoms with Crippen molar-refractivity contribution >= 4 is 5.82 Å². The molecule has 2 aliphatic rings. The minimum absolute atomic E-state index is 0.591. The number of rotatable bonds is 4. The summed E-state index contributed by atoms with van der Waals surface area (Å²) >= 11 is 0. The van der Waals surface area contributed by atoms with Crippen molar-refractivity contribution in [3.8, 4) is 6.07 Å². The van der Waals surface area contributed by atoms with Crippen molar-refractivity contribution in [3.63, 3.8) is 0 Å². The van der Waals surface area contributed by atoms with E-state index in [0.29, 0.717) is 17.9 Å². The van der Waals surface area contributed by atoms with Gasteiger partial charge in [-0.1, -0.05) is 19.3 Å². The van der Waals surface area contributed by atoms with Crippen LogP contribution in [0.4, 0.5) is 5.82 Å². The highest BCUT2D eigenvalue weighted by Gasteiger charge is 2.24. The van der Waals surface area contributed by atoms with Crippen LogP contribution in [0.25, 0.3) is 0 Å². The summed E-state index contributed by atoms with van der Waals surface area (Å²) in [6, 6.07) is 7.19. The van der Waals surface area contributed by atoms with E-state index < -0.39 is 0 Å². The standard InChI is InChI=1S/C22H30N6/c1-16-11-17(2)25-22(21(16)13-23)24-14-18-12-20-15-27(9-6-10-28(20)26-18)19-7-4-3-5-8-19/h11-12,19H,3-10,14-15H2,1-2H3,(H,24,25). The first kappa shape index (κ1) is 18.9. The topological polar surface area (TPSA) is 69.8 Å². The van der Waals surface area contributed by atoms with Crippen molar-refractivity contribution in [2.75, 3.05) is 11.9 Å². The molecule has 6 heteroatoms. The van der Waals surface area contributed by atoms with E-state index in [-0.39, 0.29) is 0 Å². The van der Waals surface area contributed by atoms with Crippen molar-refractivity contribution in [3.05, 3.63) is 40.3 Å². The molecule has 0 aromatic carbocycles. The number of hydrogen-bond donors (Lipinski definition) is 1. The zero-order valence-electron chi connectivity index (χ0n) is 17.0. The quantitative estimate of drug-likeness (QED) is 0.873. The van der Waals surface area contributed by atoms with Crippen LogP contribution in [0.5, 0.6) is 0 Å². The minimum atomic E-state index is 0.591. The summed E-state index contributed by atoms with van der Waals surface area (Å²) in [6.07, 6.45) is 8.00. The third-order valence-electron chi connectivity index (χ3n) is 6.08. The summed E-state index contributed by atoms with van der Waals surface area (Å²) in [7, 11) is 0. The third-order valence-corrected chi connectivity index (χ3v) is 6.08. The van der Waals surface area contributed by atoms with Gasteiger partial charge in [-0.05, 0) is 50.8 Å². The van der Waals surface area contributed by atoms with Crippen molar-refractivity contribution in [1.82, 2.24) is 19.7 Å². The molecule has 1 saturated carbocycles. The Bertz CT molecular complexity index is 872. The highest BCUT2D eigenvalue weighted by molar-refractivity contribution is 5.56. The van der Waals surface area contributed by atoms with Crippen LogP contribution in [0.2, 0.25) is 0 Å². The lowest BCUT2D eigenvalue weighted by Crippen LogP contribution is -2.36. The van der Waals surface area contributed by atoms with Gasteiger partial charge in [0.15, 0.2) is 0 Å². The molecular weight excluding hydrogens is 348 g/mol. The van der Waals surface area contributed by atoms with Crippen LogP contribution in [-0.2, 0) is 19.6 Å². The van der Waals surface area contributed by atoms with Crippen molar-refractivity contribution in [1.29, 1.82) is 5.26 Å². The predicted molar refractivity (Wildman–Crippen MR) is 110 cm³/mol. The molecule has 4 rings (SSSR count). The van der Waals surface area contributed by atoms with Gasteiger partial charge in [0.25, 0.3) is 0 Å². The summed E-state index contributed by atoms with van der Waals surface area (Å²) in [5.41, 5.74) is 4.83. The second-order valence-electron chi connectivity index (χ2n) is 8.24. The van der Waals surface area contributed by atoms with E-state index in [1.807, 2.05) is 19.9 Å². The SMILES string of the molecule is Cc1cc(C)c(C#N)c(NCc2cc3n(n2)CCCN(C2CCCCC2)C3)n1. The Labute approximate surface area is 167 Å². The first-order valence-electron chi connectivity index (χ1n) is 10.6. The van der Waals surface area contributed by atoms with E-state index in [1.54, 1.807) is 0 Å². The Balaban J connectivity index is 1.46. The summed E-state index contributed by atoms with van der Waals surface area (Å²) in [6.45, 7) is 7.68. The van der Waals surface area contributed by atoms with Gasteiger partial charge in [0.2, 0.25) is 0 Å². The number of nitrogens with zero attached hydrogens (tertiary/aromatic N) is 5. The zero-order valence-corrected chi connectivity index (χ0v) is 17.0. The molecule has 0 bridgehead atoms. The van der Waals surface area contributed by atoms with Crippen LogP contribution in [0, 0.1) is 25.2 Å². The van der Waals surface area contributed by atoms with Crippen LogP contribution in [0.1, 0.15) is 66.7 Å². The molecule has 1 N–H and O–H groups in total. The molecule has 148 valence electrons. The molecule has 0 amide bonds. The van der Waals surface area contributed by atoms with Crippen LogP contribution in [-0.4, -0.2) is 32.3 Å². The monoisotopic (exact) mass is 378 g/mol. The van der Waals surface area contributed by atoms with E-state index in [0.717, 1.165) is 42.5 Å². The lowest BCUT2D eigenvalue weighted by Gasteiger charge is -2.33. The maximum atomic E-state index is 9.45. The molecule has 28 heavy (non-hydrogen) atoms. The fourth-order valence-corrected chi connectivity index (χ4v) is 4.67. The van der Waals surface area contributed by atoms with Gasteiger partial charge in [-0.3, -0.25) is 9.58 Å². The van der Waals surface area contributed by atoms with Gasteiger partial charge in [-0.25, -0.2) is 4.98 Å². The molecule has 2 aromatic rings. The smallest absolute Gasteiger partial charge is 0.144 e. The molecular formula is C22H30N6. The fourth-order valence-electron chi connectivity index (χ4n) is 4.67. The van der Waals surface area contributed by atoms with Crippen molar-refractivity contribution in [2.45, 2.75) is 78.0 Å². The molecule has 0 unspecified atom stereocenters. The average molecular weight is 379 g/mol. The highest BCUT2D eigenvalue weighted by atomic mass is 15.3. The second-order valence-corrected chi connectivity index (χ2v) is 8.24. The number of aromatic nitrogens is 3. The van der Waals surface area contributed by atoms with Crippen LogP contribution in [0.15, 0.2) is 12.1 Å². The normalized spacial score (nSPS) is 18.3. The summed E-state index contributed by atoms with van der Waals surface area (Å²) in [5, 5.41) is 17.6. The lowest BCUT2D eigenvalue weighted by atomic mass is 9.94. The Morgan fingerprint density at radius 1 is 1.14 bits per heavy atom.